The second kappa shape index (κ2) is 11.4. The van der Waals surface area contributed by atoms with Crippen LogP contribution in [-0.4, -0.2) is 24.5 Å². The number of ether oxygens (including phenoxy) is 1. The molecule has 0 heterocycles. The fourth-order valence-electron chi connectivity index (χ4n) is 4.23. The van der Waals surface area contributed by atoms with Crippen LogP contribution in [0.25, 0.3) is 0 Å². The van der Waals surface area contributed by atoms with Gasteiger partial charge in [0.15, 0.2) is 0 Å². The van der Waals surface area contributed by atoms with Gasteiger partial charge in [-0.25, -0.2) is 0 Å². The maximum atomic E-state index is 12.9. The van der Waals surface area contributed by atoms with Crippen molar-refractivity contribution in [1.29, 1.82) is 0 Å². The third-order valence-electron chi connectivity index (χ3n) is 6.49. The Morgan fingerprint density at radius 2 is 1.79 bits per heavy atom. The molecule has 3 rings (SSSR count). The van der Waals surface area contributed by atoms with Gasteiger partial charge in [-0.1, -0.05) is 51.3 Å². The van der Waals surface area contributed by atoms with Gasteiger partial charge in [-0.3, -0.25) is 9.59 Å². The lowest BCUT2D eigenvalue weighted by molar-refractivity contribution is -0.124. The average molecular weight is 451 g/mol. The Kier molecular flexibility index (Phi) is 8.54. The summed E-state index contributed by atoms with van der Waals surface area (Å²) >= 11 is 0. The molecule has 2 aromatic rings. The zero-order valence-corrected chi connectivity index (χ0v) is 20.5. The second-order valence-electron chi connectivity index (χ2n) is 9.95. The van der Waals surface area contributed by atoms with Crippen LogP contribution in [0.4, 0.5) is 5.69 Å². The lowest BCUT2D eigenvalue weighted by atomic mass is 9.87. The topological polar surface area (TPSA) is 67.4 Å². The number of benzene rings is 2. The predicted molar refractivity (Wildman–Crippen MR) is 134 cm³/mol. The van der Waals surface area contributed by atoms with Crippen LogP contribution in [-0.2, 0) is 4.79 Å². The van der Waals surface area contributed by atoms with Gasteiger partial charge in [-0.15, -0.1) is 0 Å². The third-order valence-corrected chi connectivity index (χ3v) is 6.49. The Morgan fingerprint density at radius 1 is 1.03 bits per heavy atom. The monoisotopic (exact) mass is 450 g/mol. The van der Waals surface area contributed by atoms with Crippen molar-refractivity contribution in [2.24, 2.45) is 5.41 Å². The van der Waals surface area contributed by atoms with E-state index in [1.165, 1.54) is 24.8 Å². The summed E-state index contributed by atoms with van der Waals surface area (Å²) in [4.78, 5) is 25.6. The number of hydrogen-bond acceptors (Lipinski definition) is 3. The Hall–Kier alpha value is -2.82. The van der Waals surface area contributed by atoms with Gasteiger partial charge >= 0.3 is 0 Å². The highest BCUT2D eigenvalue weighted by atomic mass is 16.5. The number of rotatable bonds is 9. The summed E-state index contributed by atoms with van der Waals surface area (Å²) in [6, 6.07) is 13.6. The smallest absolute Gasteiger partial charge is 0.251 e. The highest BCUT2D eigenvalue weighted by Crippen LogP contribution is 2.26. The fraction of sp³-hybridized carbons (Fsp3) is 0.500. The molecule has 2 aromatic carbocycles. The molecule has 0 saturated heterocycles. The van der Waals surface area contributed by atoms with Crippen LogP contribution in [0.15, 0.2) is 42.5 Å². The lowest BCUT2D eigenvalue weighted by Crippen LogP contribution is -2.36. The maximum absolute atomic E-state index is 12.9. The zero-order valence-electron chi connectivity index (χ0n) is 20.5. The molecule has 2 amide bonds. The number of carbonyl (C=O) groups is 2. The van der Waals surface area contributed by atoms with Crippen molar-refractivity contribution >= 4 is 17.5 Å². The third kappa shape index (κ3) is 7.34. The molecule has 2 N–H and O–H groups in total. The van der Waals surface area contributed by atoms with E-state index in [1.807, 2.05) is 45.9 Å². The molecule has 5 nitrogen and oxygen atoms in total. The van der Waals surface area contributed by atoms with Crippen LogP contribution in [0, 0.1) is 19.3 Å². The lowest BCUT2D eigenvalue weighted by Gasteiger charge is -2.24. The summed E-state index contributed by atoms with van der Waals surface area (Å²) in [6.45, 7) is 8.54. The molecule has 0 radical (unpaired) electrons. The Bertz CT molecular complexity index is 961. The molecule has 1 aliphatic rings. The van der Waals surface area contributed by atoms with Gasteiger partial charge in [-0.2, -0.15) is 0 Å². The maximum Gasteiger partial charge on any atom is 0.251 e. The number of aryl methyl sites for hydroxylation is 2. The van der Waals surface area contributed by atoms with E-state index in [0.29, 0.717) is 24.3 Å². The van der Waals surface area contributed by atoms with Crippen LogP contribution < -0.4 is 15.4 Å². The molecule has 178 valence electrons. The quantitative estimate of drug-likeness (QED) is 0.448. The Labute approximate surface area is 198 Å². The summed E-state index contributed by atoms with van der Waals surface area (Å²) < 4.78 is 5.94. The van der Waals surface area contributed by atoms with E-state index >= 15 is 0 Å². The van der Waals surface area contributed by atoms with Gasteiger partial charge in [0.1, 0.15) is 5.75 Å². The van der Waals surface area contributed by atoms with Crippen molar-refractivity contribution in [3.63, 3.8) is 0 Å². The highest BCUT2D eigenvalue weighted by molar-refractivity contribution is 5.98. The van der Waals surface area contributed by atoms with Crippen molar-refractivity contribution < 1.29 is 14.3 Å². The number of hydrogen-bond donors (Lipinski definition) is 2. The van der Waals surface area contributed by atoms with Gasteiger partial charge in [0.25, 0.3) is 5.91 Å². The van der Waals surface area contributed by atoms with Crippen LogP contribution >= 0.6 is 0 Å². The van der Waals surface area contributed by atoms with Crippen LogP contribution in [0.2, 0.25) is 0 Å². The van der Waals surface area contributed by atoms with Crippen molar-refractivity contribution in [3.05, 3.63) is 59.2 Å². The molecule has 1 fully saturated rings. The van der Waals surface area contributed by atoms with E-state index in [-0.39, 0.29) is 17.9 Å². The molecule has 1 saturated carbocycles. The predicted octanol–water partition coefficient (Wildman–Crippen LogP) is 6.19. The molecule has 0 bridgehead atoms. The average Bonchev–Trinajstić information content (AvgIpc) is 2.79. The number of amides is 2. The van der Waals surface area contributed by atoms with Crippen LogP contribution in [0.5, 0.6) is 5.75 Å². The Morgan fingerprint density at radius 3 is 2.55 bits per heavy atom. The van der Waals surface area contributed by atoms with Crippen molar-refractivity contribution in [1.82, 2.24) is 5.32 Å². The summed E-state index contributed by atoms with van der Waals surface area (Å²) in [7, 11) is 0. The standard InChI is InChI=1S/C28H38N2O3/c1-20-14-15-21(2)25(18-20)33-17-9-16-28(3,4)27(32)30-24-13-8-10-22(19-24)26(31)29-23-11-6-5-7-12-23/h8,10,13-15,18-19,23H,5-7,9,11-12,16-17H2,1-4H3,(H,29,31)(H,30,32). The molecule has 1 aliphatic carbocycles. The normalized spacial score (nSPS) is 14.5. The van der Waals surface area contributed by atoms with Gasteiger partial charge in [0.2, 0.25) is 5.91 Å². The zero-order chi connectivity index (χ0) is 23.8. The van der Waals surface area contributed by atoms with Gasteiger partial charge < -0.3 is 15.4 Å². The molecule has 0 spiro atoms. The molecule has 0 unspecified atom stereocenters. The van der Waals surface area contributed by atoms with Crippen molar-refractivity contribution in [2.75, 3.05) is 11.9 Å². The molecule has 0 aromatic heterocycles. The minimum absolute atomic E-state index is 0.0564. The van der Waals surface area contributed by atoms with Gasteiger partial charge in [0, 0.05) is 22.7 Å². The summed E-state index contributed by atoms with van der Waals surface area (Å²) in [5.41, 5.74) is 2.97. The van der Waals surface area contributed by atoms with Crippen molar-refractivity contribution in [3.8, 4) is 5.75 Å². The first-order chi connectivity index (χ1) is 15.7. The minimum Gasteiger partial charge on any atom is -0.493 e. The second-order valence-corrected chi connectivity index (χ2v) is 9.95. The fourth-order valence-corrected chi connectivity index (χ4v) is 4.23. The molecular formula is C28H38N2O3. The molecule has 5 heteroatoms. The number of anilines is 1. The molecule has 0 aliphatic heterocycles. The molecule has 33 heavy (non-hydrogen) atoms. The number of carbonyl (C=O) groups excluding carboxylic acids is 2. The van der Waals surface area contributed by atoms with Crippen molar-refractivity contribution in [2.45, 2.75) is 78.7 Å². The number of nitrogens with one attached hydrogen (secondary N) is 2. The summed E-state index contributed by atoms with van der Waals surface area (Å²) in [5, 5.41) is 6.13. The van der Waals surface area contributed by atoms with E-state index in [2.05, 4.69) is 22.8 Å². The molecular weight excluding hydrogens is 412 g/mol. The van der Waals surface area contributed by atoms with Crippen LogP contribution in [0.3, 0.4) is 0 Å². The summed E-state index contributed by atoms with van der Waals surface area (Å²) in [6.07, 6.45) is 7.16. The Balaban J connectivity index is 1.50. The minimum atomic E-state index is -0.550. The first-order valence-electron chi connectivity index (χ1n) is 12.2. The first-order valence-corrected chi connectivity index (χ1v) is 12.2. The van der Waals surface area contributed by atoms with Crippen LogP contribution in [0.1, 0.15) is 80.3 Å². The summed E-state index contributed by atoms with van der Waals surface area (Å²) in [5.74, 6) is 0.778. The molecule has 0 atom stereocenters. The first kappa shape index (κ1) is 24.8. The van der Waals surface area contributed by atoms with E-state index in [1.54, 1.807) is 12.1 Å². The van der Waals surface area contributed by atoms with E-state index < -0.39 is 5.41 Å². The largest absolute Gasteiger partial charge is 0.493 e. The highest BCUT2D eigenvalue weighted by Gasteiger charge is 2.27. The van der Waals surface area contributed by atoms with E-state index in [4.69, 9.17) is 4.74 Å². The van der Waals surface area contributed by atoms with Gasteiger partial charge in [-0.05, 0) is 74.9 Å². The SMILES string of the molecule is Cc1ccc(C)c(OCCCC(C)(C)C(=O)Nc2cccc(C(=O)NC3CCCCC3)c2)c1. The van der Waals surface area contributed by atoms with E-state index in [9.17, 15) is 9.59 Å². The van der Waals surface area contributed by atoms with Gasteiger partial charge in [0.05, 0.1) is 6.61 Å². The van der Waals surface area contributed by atoms with E-state index in [0.717, 1.165) is 30.6 Å².